The third kappa shape index (κ3) is 1.78. The zero-order chi connectivity index (χ0) is 12.8. The lowest BCUT2D eigenvalue weighted by molar-refractivity contribution is -0.118. The van der Waals surface area contributed by atoms with Crippen molar-refractivity contribution in [3.63, 3.8) is 0 Å². The first-order valence-corrected chi connectivity index (χ1v) is 6.04. The van der Waals surface area contributed by atoms with Crippen LogP contribution in [0.3, 0.4) is 0 Å². The van der Waals surface area contributed by atoms with Gasteiger partial charge in [-0.15, -0.1) is 0 Å². The van der Waals surface area contributed by atoms with Crippen LogP contribution in [0.2, 0.25) is 0 Å². The molecule has 3 atom stereocenters. The number of hydrogen-bond acceptors (Lipinski definition) is 3. The van der Waals surface area contributed by atoms with E-state index < -0.39 is 6.10 Å². The lowest BCUT2D eigenvalue weighted by atomic mass is 9.61. The molecule has 2 aliphatic carbocycles. The molecule has 0 aromatic rings. The molecule has 17 heavy (non-hydrogen) atoms. The van der Waals surface area contributed by atoms with Gasteiger partial charge in [0.2, 0.25) is 0 Å². The zero-order valence-electron chi connectivity index (χ0n) is 10.5. The Kier molecular flexibility index (Phi) is 2.82. The monoisotopic (exact) mass is 234 g/mol. The maximum atomic E-state index is 11.8. The number of aliphatic hydroxyl groups excluding tert-OH is 1. The standard InChI is InChI=1S/C14H18O3/c1-8-4-5-12(16)11-6-13(17)10(9(2)15)7-14(8,11)3/h6-8,12,16H,4-5H2,1-3H3/t8-,12+,14+/m0/s1. The fourth-order valence-corrected chi connectivity index (χ4v) is 2.85. The Balaban J connectivity index is 2.52. The molecule has 0 aromatic carbocycles. The number of fused-ring (bicyclic) bond motifs is 1. The molecule has 0 spiro atoms. The van der Waals surface area contributed by atoms with Crippen molar-refractivity contribution in [1.82, 2.24) is 0 Å². The number of rotatable bonds is 1. The van der Waals surface area contributed by atoms with Gasteiger partial charge in [-0.05, 0) is 37.3 Å². The first kappa shape index (κ1) is 12.2. The SMILES string of the molecule is CC(=O)C1=C[C@@]2(C)C(=CC1=O)[C@H](O)CC[C@@H]2C. The van der Waals surface area contributed by atoms with Crippen LogP contribution in [0, 0.1) is 11.3 Å². The minimum Gasteiger partial charge on any atom is -0.389 e. The van der Waals surface area contributed by atoms with E-state index in [1.807, 2.05) is 6.92 Å². The van der Waals surface area contributed by atoms with Crippen LogP contribution in [0.5, 0.6) is 0 Å². The van der Waals surface area contributed by atoms with Gasteiger partial charge in [-0.1, -0.05) is 19.9 Å². The molecule has 1 saturated carbocycles. The molecule has 0 radical (unpaired) electrons. The Labute approximate surface area is 101 Å². The maximum absolute atomic E-state index is 11.8. The predicted molar refractivity (Wildman–Crippen MR) is 64.4 cm³/mol. The molecule has 0 saturated heterocycles. The van der Waals surface area contributed by atoms with E-state index in [0.29, 0.717) is 12.3 Å². The molecule has 2 rings (SSSR count). The summed E-state index contributed by atoms with van der Waals surface area (Å²) in [7, 11) is 0. The van der Waals surface area contributed by atoms with Crippen molar-refractivity contribution in [3.8, 4) is 0 Å². The molecule has 0 aromatic heterocycles. The van der Waals surface area contributed by atoms with Gasteiger partial charge in [-0.2, -0.15) is 0 Å². The van der Waals surface area contributed by atoms with E-state index in [1.54, 1.807) is 6.08 Å². The highest BCUT2D eigenvalue weighted by Crippen LogP contribution is 2.48. The molecule has 3 heteroatoms. The summed E-state index contributed by atoms with van der Waals surface area (Å²) in [6.45, 7) is 5.51. The fourth-order valence-electron chi connectivity index (χ4n) is 2.85. The first-order valence-electron chi connectivity index (χ1n) is 6.04. The zero-order valence-corrected chi connectivity index (χ0v) is 10.5. The van der Waals surface area contributed by atoms with Gasteiger partial charge in [-0.25, -0.2) is 0 Å². The van der Waals surface area contributed by atoms with Crippen molar-refractivity contribution >= 4 is 11.6 Å². The van der Waals surface area contributed by atoms with E-state index in [4.69, 9.17) is 0 Å². The fraction of sp³-hybridized carbons (Fsp3) is 0.571. The van der Waals surface area contributed by atoms with Gasteiger partial charge < -0.3 is 5.11 Å². The number of carbonyl (C=O) groups is 2. The molecule has 1 fully saturated rings. The van der Waals surface area contributed by atoms with Crippen LogP contribution in [0.25, 0.3) is 0 Å². The van der Waals surface area contributed by atoms with E-state index in [0.717, 1.165) is 12.0 Å². The minimum atomic E-state index is -0.551. The van der Waals surface area contributed by atoms with Gasteiger partial charge in [0.25, 0.3) is 0 Å². The summed E-state index contributed by atoms with van der Waals surface area (Å²) in [6.07, 6.45) is 4.28. The summed E-state index contributed by atoms with van der Waals surface area (Å²) in [5.41, 5.74) is 0.676. The van der Waals surface area contributed by atoms with Crippen LogP contribution in [0.15, 0.2) is 23.3 Å². The van der Waals surface area contributed by atoms with Gasteiger partial charge in [0.15, 0.2) is 11.6 Å². The Morgan fingerprint density at radius 3 is 2.71 bits per heavy atom. The largest absolute Gasteiger partial charge is 0.389 e. The van der Waals surface area contributed by atoms with Crippen molar-refractivity contribution in [1.29, 1.82) is 0 Å². The molecule has 92 valence electrons. The van der Waals surface area contributed by atoms with Crippen molar-refractivity contribution in [3.05, 3.63) is 23.3 Å². The molecular weight excluding hydrogens is 216 g/mol. The molecule has 0 aliphatic heterocycles. The summed E-state index contributed by atoms with van der Waals surface area (Å²) in [6, 6.07) is 0. The van der Waals surface area contributed by atoms with Crippen molar-refractivity contribution < 1.29 is 14.7 Å². The number of aliphatic hydroxyl groups is 1. The molecule has 0 unspecified atom stereocenters. The Morgan fingerprint density at radius 2 is 2.12 bits per heavy atom. The van der Waals surface area contributed by atoms with Crippen LogP contribution in [0.1, 0.15) is 33.6 Å². The molecule has 1 N–H and O–H groups in total. The third-order valence-electron chi connectivity index (χ3n) is 4.25. The Morgan fingerprint density at radius 1 is 1.47 bits per heavy atom. The van der Waals surface area contributed by atoms with Gasteiger partial charge in [0.1, 0.15) is 0 Å². The molecule has 0 heterocycles. The van der Waals surface area contributed by atoms with Crippen molar-refractivity contribution in [2.75, 3.05) is 0 Å². The van der Waals surface area contributed by atoms with Gasteiger partial charge in [0.05, 0.1) is 11.7 Å². The highest BCUT2D eigenvalue weighted by Gasteiger charge is 2.43. The molecule has 0 bridgehead atoms. The van der Waals surface area contributed by atoms with Gasteiger partial charge in [-0.3, -0.25) is 9.59 Å². The maximum Gasteiger partial charge on any atom is 0.189 e. The van der Waals surface area contributed by atoms with Gasteiger partial charge >= 0.3 is 0 Å². The number of hydrogen-bond donors (Lipinski definition) is 1. The molecule has 0 amide bonds. The summed E-state index contributed by atoms with van der Waals surface area (Å²) < 4.78 is 0. The summed E-state index contributed by atoms with van der Waals surface area (Å²) in [4.78, 5) is 23.2. The van der Waals surface area contributed by atoms with Crippen LogP contribution in [-0.2, 0) is 9.59 Å². The Hall–Kier alpha value is -1.22. The van der Waals surface area contributed by atoms with Crippen LogP contribution in [0.4, 0.5) is 0 Å². The van der Waals surface area contributed by atoms with Crippen molar-refractivity contribution in [2.24, 2.45) is 11.3 Å². The average molecular weight is 234 g/mol. The van der Waals surface area contributed by atoms with E-state index in [1.165, 1.54) is 13.0 Å². The smallest absolute Gasteiger partial charge is 0.189 e. The third-order valence-corrected chi connectivity index (χ3v) is 4.25. The molecule has 3 nitrogen and oxygen atoms in total. The van der Waals surface area contributed by atoms with Crippen molar-refractivity contribution in [2.45, 2.75) is 39.7 Å². The predicted octanol–water partition coefficient (Wildman–Crippen LogP) is 1.81. The highest BCUT2D eigenvalue weighted by molar-refractivity contribution is 6.24. The first-order chi connectivity index (χ1) is 7.86. The van der Waals surface area contributed by atoms with E-state index in [9.17, 15) is 14.7 Å². The topological polar surface area (TPSA) is 54.4 Å². The number of carbonyl (C=O) groups excluding carboxylic acids is 2. The minimum absolute atomic E-state index is 0.196. The van der Waals surface area contributed by atoms with Crippen LogP contribution in [-0.4, -0.2) is 22.8 Å². The van der Waals surface area contributed by atoms with E-state index >= 15 is 0 Å². The number of Topliss-reactive ketones (excluding diaryl/α,β-unsaturated/α-hetero) is 1. The van der Waals surface area contributed by atoms with E-state index in [2.05, 4.69) is 6.92 Å². The second kappa shape index (κ2) is 3.91. The van der Waals surface area contributed by atoms with Crippen LogP contribution >= 0.6 is 0 Å². The second-order valence-corrected chi connectivity index (χ2v) is 5.36. The Bertz CT molecular complexity index is 444. The molecular formula is C14H18O3. The van der Waals surface area contributed by atoms with Gasteiger partial charge in [0, 0.05) is 5.41 Å². The lowest BCUT2D eigenvalue weighted by Gasteiger charge is -2.44. The average Bonchev–Trinajstić information content (AvgIpc) is 2.26. The summed E-state index contributed by atoms with van der Waals surface area (Å²) in [5.74, 6) is -0.128. The van der Waals surface area contributed by atoms with E-state index in [-0.39, 0.29) is 22.6 Å². The van der Waals surface area contributed by atoms with Crippen LogP contribution < -0.4 is 0 Å². The summed E-state index contributed by atoms with van der Waals surface area (Å²) in [5, 5.41) is 10.00. The number of allylic oxidation sites excluding steroid dienone is 3. The normalized spacial score (nSPS) is 37.1. The molecule has 2 aliphatic rings. The number of ketones is 2. The summed E-state index contributed by atoms with van der Waals surface area (Å²) >= 11 is 0. The highest BCUT2D eigenvalue weighted by atomic mass is 16.3. The lowest BCUT2D eigenvalue weighted by Crippen LogP contribution is -2.40. The quantitative estimate of drug-likeness (QED) is 0.704. The second-order valence-electron chi connectivity index (χ2n) is 5.36.